The number of urea groups is 1. The minimum absolute atomic E-state index is 0.0145. The Bertz CT molecular complexity index is 820. The average molecular weight is 417 g/mol. The van der Waals surface area contributed by atoms with E-state index in [-0.39, 0.29) is 36.0 Å². The molecule has 2 aliphatic heterocycles. The number of hydrogen-bond acceptors (Lipinski definition) is 5. The van der Waals surface area contributed by atoms with Crippen molar-refractivity contribution in [2.45, 2.75) is 76.7 Å². The van der Waals surface area contributed by atoms with E-state index in [9.17, 15) is 14.4 Å². The number of hydrogen-bond donors (Lipinski definition) is 3. The van der Waals surface area contributed by atoms with Crippen LogP contribution in [0, 0.1) is 0 Å². The standard InChI is InChI=1S/C22H32N4O4/c1-21(2)11-15(12-22(3,4)25-21)23-18(27)10-16-19(28)26(20(29)24-16)13-14-8-6-7-9-17(14)30-5/h6-9,15-16,25H,10-13H2,1-5H3,(H,23,27)(H,24,29)/t16-/m1/s1. The Morgan fingerprint density at radius 2 is 1.80 bits per heavy atom. The van der Waals surface area contributed by atoms with E-state index in [2.05, 4.69) is 43.6 Å². The molecule has 0 radical (unpaired) electrons. The molecule has 8 nitrogen and oxygen atoms in total. The lowest BCUT2D eigenvalue weighted by Gasteiger charge is -2.46. The Labute approximate surface area is 177 Å². The quantitative estimate of drug-likeness (QED) is 0.616. The van der Waals surface area contributed by atoms with E-state index in [1.165, 1.54) is 0 Å². The molecule has 0 unspecified atom stereocenters. The largest absolute Gasteiger partial charge is 0.496 e. The van der Waals surface area contributed by atoms with Gasteiger partial charge in [0.05, 0.1) is 20.1 Å². The number of imide groups is 1. The van der Waals surface area contributed by atoms with E-state index in [1.807, 2.05) is 12.1 Å². The molecule has 1 atom stereocenters. The van der Waals surface area contributed by atoms with Crippen molar-refractivity contribution in [3.8, 4) is 5.75 Å². The van der Waals surface area contributed by atoms with E-state index in [0.717, 1.165) is 23.3 Å². The summed E-state index contributed by atoms with van der Waals surface area (Å²) in [5.74, 6) is -0.0197. The molecule has 30 heavy (non-hydrogen) atoms. The Kier molecular flexibility index (Phi) is 6.08. The molecule has 8 heteroatoms. The van der Waals surface area contributed by atoms with Crippen molar-refractivity contribution < 1.29 is 19.1 Å². The Hall–Kier alpha value is -2.61. The van der Waals surface area contributed by atoms with Crippen LogP contribution < -0.4 is 20.7 Å². The Morgan fingerprint density at radius 1 is 1.17 bits per heavy atom. The highest BCUT2D eigenvalue weighted by atomic mass is 16.5. The number of piperidine rings is 1. The second kappa shape index (κ2) is 8.26. The van der Waals surface area contributed by atoms with Gasteiger partial charge in [0.1, 0.15) is 11.8 Å². The minimum Gasteiger partial charge on any atom is -0.496 e. The smallest absolute Gasteiger partial charge is 0.325 e. The summed E-state index contributed by atoms with van der Waals surface area (Å²) in [6.45, 7) is 8.56. The van der Waals surface area contributed by atoms with Gasteiger partial charge in [-0.25, -0.2) is 4.79 Å². The number of para-hydroxylation sites is 1. The van der Waals surface area contributed by atoms with Gasteiger partial charge in [-0.15, -0.1) is 0 Å². The maximum Gasteiger partial charge on any atom is 0.325 e. The zero-order valence-electron chi connectivity index (χ0n) is 18.4. The molecule has 0 aromatic heterocycles. The number of carbonyl (C=O) groups excluding carboxylic acids is 3. The van der Waals surface area contributed by atoms with Gasteiger partial charge < -0.3 is 20.7 Å². The molecule has 3 N–H and O–H groups in total. The lowest BCUT2D eigenvalue weighted by atomic mass is 9.79. The summed E-state index contributed by atoms with van der Waals surface area (Å²) in [4.78, 5) is 38.9. The lowest BCUT2D eigenvalue weighted by Crippen LogP contribution is -2.62. The van der Waals surface area contributed by atoms with Crippen LogP contribution in [0.3, 0.4) is 0 Å². The molecule has 0 bridgehead atoms. The van der Waals surface area contributed by atoms with Crippen LogP contribution in [0.4, 0.5) is 4.79 Å². The molecule has 3 rings (SSSR count). The van der Waals surface area contributed by atoms with Gasteiger partial charge in [-0.3, -0.25) is 14.5 Å². The first-order valence-corrected chi connectivity index (χ1v) is 10.3. The van der Waals surface area contributed by atoms with Crippen molar-refractivity contribution in [1.29, 1.82) is 0 Å². The molecule has 2 heterocycles. The molecule has 4 amide bonds. The van der Waals surface area contributed by atoms with Crippen LogP contribution in [0.2, 0.25) is 0 Å². The lowest BCUT2D eigenvalue weighted by molar-refractivity contribution is -0.131. The summed E-state index contributed by atoms with van der Waals surface area (Å²) in [5, 5.41) is 9.27. The van der Waals surface area contributed by atoms with Gasteiger partial charge in [-0.2, -0.15) is 0 Å². The summed E-state index contributed by atoms with van der Waals surface area (Å²) in [6.07, 6.45) is 1.53. The molecule has 2 saturated heterocycles. The van der Waals surface area contributed by atoms with E-state index in [4.69, 9.17) is 4.74 Å². The summed E-state index contributed by atoms with van der Waals surface area (Å²) < 4.78 is 5.30. The molecule has 0 saturated carbocycles. The second-order valence-electron chi connectivity index (χ2n) is 9.51. The van der Waals surface area contributed by atoms with Crippen molar-refractivity contribution in [3.05, 3.63) is 29.8 Å². The highest BCUT2D eigenvalue weighted by Crippen LogP contribution is 2.28. The molecule has 0 aliphatic carbocycles. The van der Waals surface area contributed by atoms with Gasteiger partial charge >= 0.3 is 6.03 Å². The zero-order chi connectivity index (χ0) is 22.1. The monoisotopic (exact) mass is 416 g/mol. The third kappa shape index (κ3) is 5.11. The predicted octanol–water partition coefficient (Wildman–Crippen LogP) is 1.93. The van der Waals surface area contributed by atoms with Gasteiger partial charge in [0.25, 0.3) is 5.91 Å². The molecule has 2 fully saturated rings. The highest BCUT2D eigenvalue weighted by molar-refractivity contribution is 6.05. The van der Waals surface area contributed by atoms with Crippen molar-refractivity contribution in [3.63, 3.8) is 0 Å². The maximum atomic E-state index is 12.8. The SMILES string of the molecule is COc1ccccc1CN1C(=O)N[C@H](CC(=O)NC2CC(C)(C)NC(C)(C)C2)C1=O. The first-order chi connectivity index (χ1) is 14.0. The molecular weight excluding hydrogens is 384 g/mol. The number of rotatable bonds is 6. The van der Waals surface area contributed by atoms with Crippen LogP contribution in [0.15, 0.2) is 24.3 Å². The number of nitrogens with one attached hydrogen (secondary N) is 3. The van der Waals surface area contributed by atoms with Gasteiger partial charge in [0.15, 0.2) is 0 Å². The molecule has 1 aromatic rings. The van der Waals surface area contributed by atoms with Crippen molar-refractivity contribution in [2.75, 3.05) is 7.11 Å². The number of benzene rings is 1. The van der Waals surface area contributed by atoms with Crippen LogP contribution in [0.25, 0.3) is 0 Å². The molecule has 2 aliphatic rings. The molecule has 1 aromatic carbocycles. The fourth-order valence-corrected chi connectivity index (χ4v) is 4.77. The van der Waals surface area contributed by atoms with Crippen LogP contribution >= 0.6 is 0 Å². The molecule has 164 valence electrons. The van der Waals surface area contributed by atoms with Gasteiger partial charge in [-0.1, -0.05) is 18.2 Å². The van der Waals surface area contributed by atoms with E-state index >= 15 is 0 Å². The third-order valence-electron chi connectivity index (χ3n) is 5.57. The van der Waals surface area contributed by atoms with E-state index in [1.54, 1.807) is 19.2 Å². The minimum atomic E-state index is -0.852. The third-order valence-corrected chi connectivity index (χ3v) is 5.57. The van der Waals surface area contributed by atoms with E-state index in [0.29, 0.717) is 5.75 Å². The van der Waals surface area contributed by atoms with Crippen LogP contribution in [-0.4, -0.2) is 53.0 Å². The number of carbonyl (C=O) groups is 3. The number of amides is 4. The Morgan fingerprint density at radius 3 is 2.43 bits per heavy atom. The van der Waals surface area contributed by atoms with Crippen LogP contribution in [0.1, 0.15) is 52.5 Å². The molecular formula is C22H32N4O4. The van der Waals surface area contributed by atoms with Crippen molar-refractivity contribution in [2.24, 2.45) is 0 Å². The summed E-state index contributed by atoms with van der Waals surface area (Å²) in [5.41, 5.74) is 0.540. The summed E-state index contributed by atoms with van der Waals surface area (Å²) >= 11 is 0. The fourth-order valence-electron chi connectivity index (χ4n) is 4.77. The zero-order valence-corrected chi connectivity index (χ0v) is 18.4. The predicted molar refractivity (Wildman–Crippen MR) is 113 cm³/mol. The van der Waals surface area contributed by atoms with Crippen LogP contribution in [0.5, 0.6) is 5.75 Å². The first kappa shape index (κ1) is 22.1. The summed E-state index contributed by atoms with van der Waals surface area (Å²) in [6, 6.07) is 5.90. The summed E-state index contributed by atoms with van der Waals surface area (Å²) in [7, 11) is 1.54. The van der Waals surface area contributed by atoms with E-state index < -0.39 is 18.0 Å². The number of nitrogens with zero attached hydrogens (tertiary/aromatic N) is 1. The number of ether oxygens (including phenoxy) is 1. The van der Waals surface area contributed by atoms with Crippen molar-refractivity contribution in [1.82, 2.24) is 20.9 Å². The normalized spacial score (nSPS) is 23.2. The maximum absolute atomic E-state index is 12.8. The van der Waals surface area contributed by atoms with Crippen LogP contribution in [-0.2, 0) is 16.1 Å². The second-order valence-corrected chi connectivity index (χ2v) is 9.51. The first-order valence-electron chi connectivity index (χ1n) is 10.3. The van der Waals surface area contributed by atoms with Gasteiger partial charge in [0, 0.05) is 22.7 Å². The average Bonchev–Trinajstić information content (AvgIpc) is 2.86. The molecule has 0 spiro atoms. The highest BCUT2D eigenvalue weighted by Gasteiger charge is 2.41. The fraction of sp³-hybridized carbons (Fsp3) is 0.591. The number of methoxy groups -OCH3 is 1. The Balaban J connectivity index is 1.60. The topological polar surface area (TPSA) is 99.8 Å². The van der Waals surface area contributed by atoms with Crippen molar-refractivity contribution >= 4 is 17.8 Å². The van der Waals surface area contributed by atoms with Gasteiger partial charge in [-0.05, 0) is 46.6 Å². The van der Waals surface area contributed by atoms with Gasteiger partial charge in [0.2, 0.25) is 5.91 Å².